The van der Waals surface area contributed by atoms with Crippen molar-refractivity contribution in [2.24, 2.45) is 0 Å². The molecule has 21 heavy (non-hydrogen) atoms. The van der Waals surface area contributed by atoms with Crippen molar-refractivity contribution in [3.63, 3.8) is 0 Å². The minimum absolute atomic E-state index is 0. The van der Waals surface area contributed by atoms with Crippen LogP contribution >= 0.6 is 0 Å². The zero-order valence-corrected chi connectivity index (χ0v) is 23.9. The van der Waals surface area contributed by atoms with E-state index < -0.39 is 18.9 Å². The van der Waals surface area contributed by atoms with Crippen LogP contribution in [0.4, 0.5) is 0 Å². The molecule has 11 nitrogen and oxygen atoms in total. The number of nitrogens with zero attached hydrogens (tertiary/aromatic N) is 1. The van der Waals surface area contributed by atoms with Gasteiger partial charge >= 0.3 is 0 Å². The van der Waals surface area contributed by atoms with Gasteiger partial charge in [0.1, 0.15) is 0 Å². The van der Waals surface area contributed by atoms with Crippen LogP contribution in [-0.2, 0) is 5.48 Å². The molecule has 0 aromatic heterocycles. The number of rotatable bonds is 6. The summed E-state index contributed by atoms with van der Waals surface area (Å²) < 4.78 is 0. The fraction of sp³-hybridized carbons (Fsp3) is 1.00. The first-order chi connectivity index (χ1) is 5.91. The van der Waals surface area contributed by atoms with Crippen LogP contribution in [0.3, 0.4) is 0 Å². The first-order valence-electron chi connectivity index (χ1n) is 3.72. The minimum atomic E-state index is -1.66. The van der Waals surface area contributed by atoms with Gasteiger partial charge in [-0.3, -0.25) is 4.90 Å². The van der Waals surface area contributed by atoms with Crippen molar-refractivity contribution in [2.45, 2.75) is 18.9 Å². The van der Waals surface area contributed by atoms with Gasteiger partial charge in [0.15, 0.2) is 18.9 Å². The Morgan fingerprint density at radius 3 is 0.762 bits per heavy atom. The van der Waals surface area contributed by atoms with Gasteiger partial charge in [-0.25, -0.2) is 0 Å². The van der Waals surface area contributed by atoms with E-state index in [9.17, 15) is 0 Å². The molecule has 0 saturated heterocycles. The van der Waals surface area contributed by atoms with E-state index in [-0.39, 0.29) is 205 Å². The van der Waals surface area contributed by atoms with E-state index in [1.54, 1.807) is 0 Å². The second-order valence-electron chi connectivity index (χ2n) is 2.66. The van der Waals surface area contributed by atoms with Gasteiger partial charge in [0, 0.05) is 183 Å². The van der Waals surface area contributed by atoms with Gasteiger partial charge in [-0.2, -0.15) is 0 Å². The quantitative estimate of drug-likeness (QED) is 0.111. The van der Waals surface area contributed by atoms with E-state index in [0.717, 1.165) is 4.90 Å². The van der Waals surface area contributed by atoms with Crippen LogP contribution in [0, 0.1) is 163 Å². The summed E-state index contributed by atoms with van der Waals surface area (Å²) in [6.45, 7) is -0.847. The second kappa shape index (κ2) is 36.0. The molecule has 0 unspecified atom stereocenters. The van der Waals surface area contributed by atoms with Gasteiger partial charge in [-0.1, -0.05) is 0 Å². The topological polar surface area (TPSA) is 252 Å². The molecule has 0 heterocycles. The number of aliphatic hydroxyl groups is 6. The average molecular weight is 847 g/mol. The summed E-state index contributed by atoms with van der Waals surface area (Å²) in [5.74, 6) is 0. The fourth-order valence-corrected chi connectivity index (χ4v) is 0.916. The molecule has 0 aromatic carbocycles. The summed E-state index contributed by atoms with van der Waals surface area (Å²) in [7, 11) is 0. The predicted octanol–water partition coefficient (Wildman–Crippen LogP) is -7.18. The Balaban J connectivity index is -0.0000000257. The summed E-state index contributed by atoms with van der Waals surface area (Å²) in [5.41, 5.74) is 0. The maximum Gasteiger partial charge on any atom is 0.164 e. The van der Waals surface area contributed by atoms with Crippen molar-refractivity contribution in [2.75, 3.05) is 19.6 Å². The van der Waals surface area contributed by atoms with E-state index in [1.165, 1.54) is 0 Å². The number of hydrogen-bond donors (Lipinski definition) is 6. The van der Waals surface area contributed by atoms with Crippen LogP contribution in [-0.4, -0.2) is 90.5 Å². The summed E-state index contributed by atoms with van der Waals surface area (Å²) in [6.07, 6.45) is -4.97. The van der Waals surface area contributed by atoms with Crippen molar-refractivity contribution in [1.29, 1.82) is 0 Å². The third-order valence-corrected chi connectivity index (χ3v) is 1.26. The average Bonchev–Trinajstić information content (AvgIpc) is 1.80. The summed E-state index contributed by atoms with van der Waals surface area (Å²) in [6, 6.07) is 0. The van der Waals surface area contributed by atoms with E-state index in [0.29, 0.717) is 0 Å². The Morgan fingerprint density at radius 1 is 0.524 bits per heavy atom. The Hall–Kier alpha value is 4.96. The monoisotopic (exact) mass is 838 g/mol. The van der Waals surface area contributed by atoms with Crippen LogP contribution < -0.4 is 0 Å². The summed E-state index contributed by atoms with van der Waals surface area (Å²) in [5, 5.41) is 51.2. The first-order valence-corrected chi connectivity index (χ1v) is 3.72. The van der Waals surface area contributed by atoms with Gasteiger partial charge in [0.2, 0.25) is 0 Å². The Labute approximate surface area is 253 Å². The van der Waals surface area contributed by atoms with E-state index in [4.69, 9.17) is 30.6 Å². The molecule has 15 N–H and O–H groups in total. The maximum atomic E-state index is 8.54. The van der Waals surface area contributed by atoms with Gasteiger partial charge in [0.05, 0.1) is 0 Å². The largest absolute Gasteiger partial charge is 0.457 e. The standard InChI is InChI=1S/C6H15NO6.4Nd.4H2O/c8-4(9)1-7(2-5(10)11)3-6(12)13;;;;;;;;/h4-6,8-13H,1-3H2;;;;;4*1H2/p+1. The second-order valence-corrected chi connectivity index (χ2v) is 2.66. The van der Waals surface area contributed by atoms with Crippen molar-refractivity contribution in [3.8, 4) is 0 Å². The molecule has 0 fully saturated rings. The maximum absolute atomic E-state index is 8.54. The van der Waals surface area contributed by atoms with Gasteiger partial charge < -0.3 is 52.5 Å². The Morgan fingerprint density at radius 2 is 0.667 bits per heavy atom. The molecule has 0 aliphatic rings. The van der Waals surface area contributed by atoms with Crippen LogP contribution in [0.15, 0.2) is 0 Å². The summed E-state index contributed by atoms with van der Waals surface area (Å²) >= 11 is 0. The van der Waals surface area contributed by atoms with Crippen molar-refractivity contribution in [3.05, 3.63) is 0 Å². The molecule has 0 spiro atoms. The molecule has 0 rings (SSSR count). The molecule has 0 atom stereocenters. The van der Waals surface area contributed by atoms with Crippen LogP contribution in [0.2, 0.25) is 0 Å². The summed E-state index contributed by atoms with van der Waals surface area (Å²) in [4.78, 5) is 1.10. The molecule has 0 aliphatic heterocycles. The number of hydrogen-bond acceptors (Lipinski definition) is 7. The van der Waals surface area contributed by atoms with Crippen LogP contribution in [0.5, 0.6) is 0 Å². The number of aliphatic hydroxyl groups excluding tert-OH is 3. The molecule has 0 aliphatic carbocycles. The van der Waals surface area contributed by atoms with Crippen LogP contribution in [0.1, 0.15) is 0 Å². The SMILES string of the molecule is O.O.O.OC(O)CN(CC(O)O)CC(O)O.[Nd].[Nd].[Nd].[Nd].[OH3+]. The molecule has 0 amide bonds. The normalized spacial score (nSPS) is 7.71. The minimum Gasteiger partial charge on any atom is -0.457 e. The van der Waals surface area contributed by atoms with E-state index in [2.05, 4.69) is 0 Å². The van der Waals surface area contributed by atoms with E-state index >= 15 is 0 Å². The van der Waals surface area contributed by atoms with Gasteiger partial charge in [-0.15, -0.1) is 0 Å². The zero-order valence-electron chi connectivity index (χ0n) is 11.1. The predicted molar refractivity (Wildman–Crippen MR) is 56.8 cm³/mol. The zero-order chi connectivity index (χ0) is 10.4. The van der Waals surface area contributed by atoms with Gasteiger partial charge in [0.25, 0.3) is 0 Å². The fourth-order valence-electron chi connectivity index (χ4n) is 0.916. The van der Waals surface area contributed by atoms with Gasteiger partial charge in [-0.05, 0) is 0 Å². The van der Waals surface area contributed by atoms with Crippen molar-refractivity contribution in [1.82, 2.24) is 4.90 Å². The van der Waals surface area contributed by atoms with Crippen molar-refractivity contribution >= 4 is 0 Å². The molecule has 128 valence electrons. The third-order valence-electron chi connectivity index (χ3n) is 1.26. The van der Waals surface area contributed by atoms with Crippen LogP contribution in [0.25, 0.3) is 0 Å². The van der Waals surface area contributed by atoms with E-state index in [1.807, 2.05) is 0 Å². The third kappa shape index (κ3) is 45.7. The molecule has 0 radical (unpaired) electrons. The molecule has 15 heteroatoms. The molecule has 0 saturated carbocycles. The molecule has 0 aromatic rings. The first kappa shape index (κ1) is 56.2. The Kier molecular flexibility index (Phi) is 96.3. The molecule has 0 bridgehead atoms. The molecular weight excluding hydrogens is 823 g/mol. The smallest absolute Gasteiger partial charge is 0.164 e. The molecular formula is C6H24NNd4O10+. The Bertz CT molecular complexity index is 123. The van der Waals surface area contributed by atoms with Crippen molar-refractivity contribution < 1.29 is 216 Å².